The van der Waals surface area contributed by atoms with Gasteiger partial charge in [-0.1, -0.05) is 17.7 Å². The number of halogens is 1. The average molecular weight is 299 g/mol. The van der Waals surface area contributed by atoms with Crippen LogP contribution in [0.3, 0.4) is 0 Å². The van der Waals surface area contributed by atoms with Crippen molar-refractivity contribution in [2.24, 2.45) is 0 Å². The normalized spacial score (nSPS) is 16.0. The first-order valence-electron chi connectivity index (χ1n) is 7.33. The molecule has 0 radical (unpaired) electrons. The quantitative estimate of drug-likeness (QED) is 0.945. The van der Waals surface area contributed by atoms with Crippen LogP contribution < -0.4 is 10.1 Å². The van der Waals surface area contributed by atoms with E-state index >= 15 is 0 Å². The van der Waals surface area contributed by atoms with Gasteiger partial charge >= 0.3 is 0 Å². The Kier molecular flexibility index (Phi) is 3.84. The van der Waals surface area contributed by atoms with Crippen molar-refractivity contribution < 1.29 is 13.9 Å². The lowest BCUT2D eigenvalue weighted by Crippen LogP contribution is -2.34. The summed E-state index contributed by atoms with van der Waals surface area (Å²) < 4.78 is 18.9. The van der Waals surface area contributed by atoms with Crippen LogP contribution in [0.25, 0.3) is 0 Å². The number of carbonyl (C=O) groups excluding carboxylic acids is 1. The molecule has 0 saturated carbocycles. The van der Waals surface area contributed by atoms with Crippen LogP contribution in [0, 0.1) is 19.7 Å². The predicted octanol–water partition coefficient (Wildman–Crippen LogP) is 3.18. The highest BCUT2D eigenvalue weighted by atomic mass is 19.1. The first-order chi connectivity index (χ1) is 10.5. The Morgan fingerprint density at radius 2 is 2.09 bits per heavy atom. The Morgan fingerprint density at radius 3 is 2.86 bits per heavy atom. The molecule has 0 aliphatic carbocycles. The third-order valence-electron chi connectivity index (χ3n) is 3.88. The zero-order chi connectivity index (χ0) is 15.7. The summed E-state index contributed by atoms with van der Waals surface area (Å²) in [4.78, 5) is 12.2. The van der Waals surface area contributed by atoms with E-state index in [-0.39, 0.29) is 17.8 Å². The summed E-state index contributed by atoms with van der Waals surface area (Å²) in [5.41, 5.74) is 3.61. The highest BCUT2D eigenvalue weighted by Gasteiger charge is 2.24. The van der Waals surface area contributed by atoms with Crippen molar-refractivity contribution in [1.82, 2.24) is 5.32 Å². The first kappa shape index (κ1) is 14.6. The number of nitrogens with one attached hydrogen (secondary N) is 1. The monoisotopic (exact) mass is 299 g/mol. The van der Waals surface area contributed by atoms with Gasteiger partial charge in [0.2, 0.25) is 0 Å². The molecule has 0 aromatic heterocycles. The van der Waals surface area contributed by atoms with Gasteiger partial charge in [0.15, 0.2) is 0 Å². The summed E-state index contributed by atoms with van der Waals surface area (Å²) >= 11 is 0. The Bertz CT molecular complexity index is 727. The molecule has 1 aliphatic rings. The van der Waals surface area contributed by atoms with Gasteiger partial charge in [-0.3, -0.25) is 4.79 Å². The third kappa shape index (κ3) is 2.96. The second-order valence-corrected chi connectivity index (χ2v) is 5.72. The predicted molar refractivity (Wildman–Crippen MR) is 82.8 cm³/mol. The van der Waals surface area contributed by atoms with Crippen molar-refractivity contribution in [3.8, 4) is 5.75 Å². The Balaban J connectivity index is 1.61. The standard InChI is InChI=1S/C18H18FNO2/c1-11-3-5-16(12(2)7-11)18(21)20-10-15-9-13-8-14(19)4-6-17(13)22-15/h3-8,15H,9-10H2,1-2H3,(H,20,21). The van der Waals surface area contributed by atoms with Crippen molar-refractivity contribution in [3.63, 3.8) is 0 Å². The molecule has 1 aliphatic heterocycles. The van der Waals surface area contributed by atoms with Crippen LogP contribution in [0.2, 0.25) is 0 Å². The van der Waals surface area contributed by atoms with Gasteiger partial charge in [0.05, 0.1) is 6.54 Å². The SMILES string of the molecule is Cc1ccc(C(=O)NCC2Cc3cc(F)ccc3O2)c(C)c1. The molecule has 0 bridgehead atoms. The number of carbonyl (C=O) groups is 1. The lowest BCUT2D eigenvalue weighted by molar-refractivity contribution is 0.0933. The van der Waals surface area contributed by atoms with Gasteiger partial charge in [0.1, 0.15) is 17.7 Å². The number of fused-ring (bicyclic) bond motifs is 1. The smallest absolute Gasteiger partial charge is 0.251 e. The largest absolute Gasteiger partial charge is 0.488 e. The number of amides is 1. The molecule has 22 heavy (non-hydrogen) atoms. The van der Waals surface area contributed by atoms with E-state index in [2.05, 4.69) is 5.32 Å². The van der Waals surface area contributed by atoms with Gasteiger partial charge in [-0.2, -0.15) is 0 Å². The fourth-order valence-corrected chi connectivity index (χ4v) is 2.77. The van der Waals surface area contributed by atoms with E-state index in [1.807, 2.05) is 32.0 Å². The van der Waals surface area contributed by atoms with Gasteiger partial charge < -0.3 is 10.1 Å². The summed E-state index contributed by atoms with van der Waals surface area (Å²) in [6.45, 7) is 4.33. The molecular formula is C18H18FNO2. The summed E-state index contributed by atoms with van der Waals surface area (Å²) in [6, 6.07) is 10.2. The molecule has 1 unspecified atom stereocenters. The van der Waals surface area contributed by atoms with Crippen LogP contribution in [0.15, 0.2) is 36.4 Å². The maximum atomic E-state index is 13.2. The summed E-state index contributed by atoms with van der Waals surface area (Å²) in [7, 11) is 0. The number of ether oxygens (including phenoxy) is 1. The van der Waals surface area contributed by atoms with Crippen molar-refractivity contribution in [2.75, 3.05) is 6.54 Å². The van der Waals surface area contributed by atoms with Crippen LogP contribution in [0.1, 0.15) is 27.0 Å². The van der Waals surface area contributed by atoms with E-state index in [0.29, 0.717) is 24.3 Å². The van der Waals surface area contributed by atoms with Gasteiger partial charge in [0.25, 0.3) is 5.91 Å². The summed E-state index contributed by atoms with van der Waals surface area (Å²) in [5, 5.41) is 2.89. The van der Waals surface area contributed by atoms with Crippen molar-refractivity contribution >= 4 is 5.91 Å². The molecule has 3 nitrogen and oxygen atoms in total. The third-order valence-corrected chi connectivity index (χ3v) is 3.88. The fraction of sp³-hybridized carbons (Fsp3) is 0.278. The van der Waals surface area contributed by atoms with E-state index < -0.39 is 0 Å². The number of rotatable bonds is 3. The lowest BCUT2D eigenvalue weighted by atomic mass is 10.0. The van der Waals surface area contributed by atoms with Gasteiger partial charge in [-0.25, -0.2) is 4.39 Å². The van der Waals surface area contributed by atoms with Crippen molar-refractivity contribution in [1.29, 1.82) is 0 Å². The van der Waals surface area contributed by atoms with Crippen LogP contribution >= 0.6 is 0 Å². The molecule has 0 fully saturated rings. The molecule has 1 atom stereocenters. The fourth-order valence-electron chi connectivity index (χ4n) is 2.77. The molecule has 2 aromatic rings. The zero-order valence-corrected chi connectivity index (χ0v) is 12.7. The molecular weight excluding hydrogens is 281 g/mol. The topological polar surface area (TPSA) is 38.3 Å². The Labute approximate surface area is 129 Å². The molecule has 2 aromatic carbocycles. The number of hydrogen-bond donors (Lipinski definition) is 1. The van der Waals surface area contributed by atoms with Crippen molar-refractivity contribution in [2.45, 2.75) is 26.4 Å². The van der Waals surface area contributed by atoms with Crippen LogP contribution in [-0.4, -0.2) is 18.6 Å². The number of benzene rings is 2. The zero-order valence-electron chi connectivity index (χ0n) is 12.7. The average Bonchev–Trinajstić information content (AvgIpc) is 2.86. The molecule has 3 rings (SSSR count). The number of aryl methyl sites for hydroxylation is 2. The van der Waals surface area contributed by atoms with Gasteiger partial charge in [-0.05, 0) is 43.7 Å². The number of hydrogen-bond acceptors (Lipinski definition) is 2. The molecule has 1 amide bonds. The van der Waals surface area contributed by atoms with E-state index in [1.54, 1.807) is 6.07 Å². The Hall–Kier alpha value is -2.36. The minimum Gasteiger partial charge on any atom is -0.488 e. The van der Waals surface area contributed by atoms with Gasteiger partial charge in [-0.15, -0.1) is 0 Å². The van der Waals surface area contributed by atoms with Gasteiger partial charge in [0, 0.05) is 17.5 Å². The molecule has 0 spiro atoms. The molecule has 1 N–H and O–H groups in total. The lowest BCUT2D eigenvalue weighted by Gasteiger charge is -2.13. The van der Waals surface area contributed by atoms with Crippen LogP contribution in [0.4, 0.5) is 4.39 Å². The minimum atomic E-state index is -0.262. The Morgan fingerprint density at radius 1 is 1.27 bits per heavy atom. The maximum absolute atomic E-state index is 13.2. The van der Waals surface area contributed by atoms with E-state index in [1.165, 1.54) is 12.1 Å². The van der Waals surface area contributed by atoms with Crippen molar-refractivity contribution in [3.05, 3.63) is 64.5 Å². The minimum absolute atomic E-state index is 0.108. The van der Waals surface area contributed by atoms with Crippen LogP contribution in [-0.2, 0) is 6.42 Å². The second kappa shape index (κ2) is 5.79. The van der Waals surface area contributed by atoms with E-state index in [4.69, 9.17) is 4.74 Å². The highest BCUT2D eigenvalue weighted by Crippen LogP contribution is 2.28. The summed E-state index contributed by atoms with van der Waals surface area (Å²) in [5.74, 6) is 0.331. The molecule has 114 valence electrons. The molecule has 4 heteroatoms. The highest BCUT2D eigenvalue weighted by molar-refractivity contribution is 5.95. The van der Waals surface area contributed by atoms with Crippen LogP contribution in [0.5, 0.6) is 5.75 Å². The van der Waals surface area contributed by atoms with E-state index in [0.717, 1.165) is 16.7 Å². The maximum Gasteiger partial charge on any atom is 0.251 e. The summed E-state index contributed by atoms with van der Waals surface area (Å²) in [6.07, 6.45) is 0.465. The first-order valence-corrected chi connectivity index (χ1v) is 7.33. The molecule has 0 saturated heterocycles. The second-order valence-electron chi connectivity index (χ2n) is 5.72. The molecule has 1 heterocycles. The van der Waals surface area contributed by atoms with E-state index in [9.17, 15) is 9.18 Å².